The Bertz CT molecular complexity index is 1410. The number of carbonyl (C=O) groups excluding carboxylic acids is 2. The molecule has 0 spiro atoms. The summed E-state index contributed by atoms with van der Waals surface area (Å²) in [6.07, 6.45) is 2.43. The Balaban J connectivity index is 1.38. The normalized spacial score (nSPS) is 20.2. The van der Waals surface area contributed by atoms with E-state index in [1.165, 1.54) is 4.90 Å². The number of aliphatic hydroxyl groups is 1. The summed E-state index contributed by atoms with van der Waals surface area (Å²) < 4.78 is 5.60. The number of carbonyl (C=O) groups is 3. The lowest BCUT2D eigenvalue weighted by Crippen LogP contribution is -2.54. The lowest BCUT2D eigenvalue weighted by atomic mass is 9.94. The van der Waals surface area contributed by atoms with Gasteiger partial charge in [-0.05, 0) is 75.3 Å². The molecule has 3 amide bonds. The summed E-state index contributed by atoms with van der Waals surface area (Å²) in [7, 11) is 0. The van der Waals surface area contributed by atoms with E-state index in [2.05, 4.69) is 10.3 Å². The van der Waals surface area contributed by atoms with Crippen LogP contribution in [0.15, 0.2) is 59.2 Å². The number of oxazole rings is 1. The molecule has 2 saturated heterocycles. The second kappa shape index (κ2) is 12.1. The average molecular weight is 561 g/mol. The van der Waals surface area contributed by atoms with Gasteiger partial charge in [0.15, 0.2) is 0 Å². The van der Waals surface area contributed by atoms with Crippen LogP contribution in [0.5, 0.6) is 0 Å². The predicted molar refractivity (Wildman–Crippen MR) is 151 cm³/mol. The molecule has 2 aliphatic rings. The molecule has 2 fully saturated rings. The molecule has 3 heterocycles. The molecule has 0 aliphatic carbocycles. The number of nitrogens with zero attached hydrogens (tertiary/aromatic N) is 3. The van der Waals surface area contributed by atoms with Crippen LogP contribution < -0.4 is 5.32 Å². The number of carboxylic acid groups (broad SMARTS) is 1. The predicted octanol–water partition coefficient (Wildman–Crippen LogP) is 4.11. The number of aliphatic hydroxyl groups excluding tert-OH is 1. The van der Waals surface area contributed by atoms with Gasteiger partial charge in [0.2, 0.25) is 5.89 Å². The molecule has 4 atom stereocenters. The molecule has 3 aromatic rings. The van der Waals surface area contributed by atoms with Gasteiger partial charge in [-0.2, -0.15) is 0 Å². The minimum absolute atomic E-state index is 0.204. The van der Waals surface area contributed by atoms with Gasteiger partial charge in [-0.25, -0.2) is 9.78 Å². The number of aromatic nitrogens is 1. The highest BCUT2D eigenvalue weighted by molar-refractivity contribution is 6.00. The highest BCUT2D eigenvalue weighted by Gasteiger charge is 2.39. The standard InChI is InChI=1S/C31H36N4O6/c1-19-14-22(17-23(15-19)30(38)34-12-7-11-26(34)29-32-20(2)18-41-29)28(37)33-24(16-21-8-4-3-5-9-21)27(36)25-10-6-13-35(25)31(39)40/h3-5,8-9,14-15,17-18,24-27,36H,6-7,10-13,16H2,1-2H3,(H,33,37)(H,39,40)/t24-,25?,26+,27-/m0/s1. The molecule has 10 heteroatoms. The van der Waals surface area contributed by atoms with E-state index in [0.29, 0.717) is 49.4 Å². The van der Waals surface area contributed by atoms with Crippen molar-refractivity contribution in [2.45, 2.75) is 70.2 Å². The van der Waals surface area contributed by atoms with E-state index in [1.54, 1.807) is 29.4 Å². The number of hydrogen-bond donors (Lipinski definition) is 3. The second-order valence-corrected chi connectivity index (χ2v) is 11.0. The van der Waals surface area contributed by atoms with Crippen molar-refractivity contribution in [3.8, 4) is 0 Å². The Labute approximate surface area is 239 Å². The van der Waals surface area contributed by atoms with Crippen LogP contribution in [0.3, 0.4) is 0 Å². The van der Waals surface area contributed by atoms with E-state index in [-0.39, 0.29) is 11.9 Å². The Morgan fingerprint density at radius 3 is 2.44 bits per heavy atom. The molecule has 1 aromatic heterocycles. The maximum absolute atomic E-state index is 13.6. The first-order valence-electron chi connectivity index (χ1n) is 14.1. The van der Waals surface area contributed by atoms with Crippen molar-refractivity contribution in [2.75, 3.05) is 13.1 Å². The van der Waals surface area contributed by atoms with Crippen LogP contribution in [-0.2, 0) is 6.42 Å². The number of nitrogens with one attached hydrogen (secondary N) is 1. The van der Waals surface area contributed by atoms with Gasteiger partial charge in [0.1, 0.15) is 12.3 Å². The molecular formula is C31H36N4O6. The average Bonchev–Trinajstić information content (AvgIpc) is 3.73. The van der Waals surface area contributed by atoms with Crippen LogP contribution in [0.1, 0.15) is 75.2 Å². The first kappa shape index (κ1) is 28.4. The molecule has 1 unspecified atom stereocenters. The number of rotatable bonds is 8. The Hall–Kier alpha value is -4.18. The van der Waals surface area contributed by atoms with Crippen molar-refractivity contribution in [3.63, 3.8) is 0 Å². The third-order valence-corrected chi connectivity index (χ3v) is 7.99. The SMILES string of the molecule is Cc1cc(C(=O)N[C@@H](Cc2ccccc2)[C@H](O)C2CCCN2C(=O)O)cc(C(=O)N2CCC[C@@H]2c2nc(C)co2)c1. The summed E-state index contributed by atoms with van der Waals surface area (Å²) >= 11 is 0. The molecule has 0 saturated carbocycles. The van der Waals surface area contributed by atoms with Crippen LogP contribution >= 0.6 is 0 Å². The van der Waals surface area contributed by atoms with Crippen molar-refractivity contribution < 1.29 is 29.0 Å². The van der Waals surface area contributed by atoms with E-state index in [0.717, 1.165) is 29.7 Å². The largest absolute Gasteiger partial charge is 0.465 e. The second-order valence-electron chi connectivity index (χ2n) is 11.0. The molecule has 2 aromatic carbocycles. The van der Waals surface area contributed by atoms with Crippen LogP contribution in [0.2, 0.25) is 0 Å². The zero-order valence-electron chi connectivity index (χ0n) is 23.3. The fourth-order valence-electron chi connectivity index (χ4n) is 6.03. The van der Waals surface area contributed by atoms with E-state index in [1.807, 2.05) is 44.2 Å². The van der Waals surface area contributed by atoms with Crippen molar-refractivity contribution in [2.24, 2.45) is 0 Å². The Morgan fingerprint density at radius 2 is 1.73 bits per heavy atom. The Morgan fingerprint density at radius 1 is 1.02 bits per heavy atom. The Kier molecular flexibility index (Phi) is 8.39. The van der Waals surface area contributed by atoms with E-state index < -0.39 is 30.2 Å². The third-order valence-electron chi connectivity index (χ3n) is 7.99. The van der Waals surface area contributed by atoms with Gasteiger partial charge in [0.05, 0.1) is 23.9 Å². The lowest BCUT2D eigenvalue weighted by molar-refractivity contribution is 0.0412. The molecular weight excluding hydrogens is 524 g/mol. The molecule has 216 valence electrons. The molecule has 5 rings (SSSR count). The minimum atomic E-state index is -1.11. The van der Waals surface area contributed by atoms with Gasteiger partial charge in [-0.3, -0.25) is 9.59 Å². The van der Waals surface area contributed by atoms with Crippen LogP contribution in [0.4, 0.5) is 4.79 Å². The quantitative estimate of drug-likeness (QED) is 0.377. The summed E-state index contributed by atoms with van der Waals surface area (Å²) in [5.41, 5.74) is 3.08. The summed E-state index contributed by atoms with van der Waals surface area (Å²) in [4.78, 5) is 46.5. The molecule has 2 aliphatic heterocycles. The summed E-state index contributed by atoms with van der Waals surface area (Å²) in [6.45, 7) is 4.57. The lowest BCUT2D eigenvalue weighted by Gasteiger charge is -2.32. The number of aryl methyl sites for hydroxylation is 2. The van der Waals surface area contributed by atoms with Crippen LogP contribution in [-0.4, -0.2) is 74.2 Å². The van der Waals surface area contributed by atoms with E-state index >= 15 is 0 Å². The fourth-order valence-corrected chi connectivity index (χ4v) is 6.03. The van der Waals surface area contributed by atoms with E-state index in [4.69, 9.17) is 4.42 Å². The van der Waals surface area contributed by atoms with Crippen molar-refractivity contribution >= 4 is 17.9 Å². The number of hydrogen-bond acceptors (Lipinski definition) is 6. The van der Waals surface area contributed by atoms with Crippen LogP contribution in [0.25, 0.3) is 0 Å². The van der Waals surface area contributed by atoms with Gasteiger partial charge in [-0.1, -0.05) is 30.3 Å². The van der Waals surface area contributed by atoms with Crippen LogP contribution in [0, 0.1) is 13.8 Å². The summed E-state index contributed by atoms with van der Waals surface area (Å²) in [6, 6.07) is 12.9. The van der Waals surface area contributed by atoms with Gasteiger partial charge < -0.3 is 29.7 Å². The third kappa shape index (κ3) is 6.27. The molecule has 0 bridgehead atoms. The fraction of sp³-hybridized carbons (Fsp3) is 0.419. The van der Waals surface area contributed by atoms with Crippen molar-refractivity contribution in [1.29, 1.82) is 0 Å². The molecule has 0 radical (unpaired) electrons. The number of amides is 3. The number of benzene rings is 2. The maximum atomic E-state index is 13.6. The zero-order chi connectivity index (χ0) is 29.1. The highest BCUT2D eigenvalue weighted by Crippen LogP contribution is 2.33. The molecule has 41 heavy (non-hydrogen) atoms. The van der Waals surface area contributed by atoms with Gasteiger partial charge >= 0.3 is 6.09 Å². The smallest absolute Gasteiger partial charge is 0.407 e. The highest BCUT2D eigenvalue weighted by atomic mass is 16.4. The first-order chi connectivity index (χ1) is 19.7. The summed E-state index contributed by atoms with van der Waals surface area (Å²) in [5.74, 6) is -0.132. The molecule has 3 N–H and O–H groups in total. The monoisotopic (exact) mass is 560 g/mol. The minimum Gasteiger partial charge on any atom is -0.465 e. The zero-order valence-corrected chi connectivity index (χ0v) is 23.3. The topological polar surface area (TPSA) is 136 Å². The van der Waals surface area contributed by atoms with Gasteiger partial charge in [0.25, 0.3) is 11.8 Å². The van der Waals surface area contributed by atoms with Crippen molar-refractivity contribution in [1.82, 2.24) is 20.1 Å². The summed E-state index contributed by atoms with van der Waals surface area (Å²) in [5, 5.41) is 24.0. The maximum Gasteiger partial charge on any atom is 0.407 e. The van der Waals surface area contributed by atoms with Gasteiger partial charge in [0, 0.05) is 24.2 Å². The molecule has 10 nitrogen and oxygen atoms in total. The van der Waals surface area contributed by atoms with Crippen molar-refractivity contribution in [3.05, 3.63) is 88.6 Å². The van der Waals surface area contributed by atoms with E-state index in [9.17, 15) is 24.6 Å². The number of likely N-dealkylation sites (tertiary alicyclic amines) is 2. The first-order valence-corrected chi connectivity index (χ1v) is 14.1. The van der Waals surface area contributed by atoms with Gasteiger partial charge in [-0.15, -0.1) is 0 Å².